The van der Waals surface area contributed by atoms with Gasteiger partial charge in [0.25, 0.3) is 0 Å². The molecule has 0 aliphatic carbocycles. The van der Waals surface area contributed by atoms with Gasteiger partial charge < -0.3 is 15.1 Å². The number of hydrogen-bond donors (Lipinski definition) is 1. The van der Waals surface area contributed by atoms with Crippen molar-refractivity contribution in [1.29, 1.82) is 0 Å². The molecule has 0 aromatic heterocycles. The van der Waals surface area contributed by atoms with E-state index in [0.717, 1.165) is 13.1 Å². The zero-order valence-corrected chi connectivity index (χ0v) is 9.96. The molecule has 0 saturated carbocycles. The fourth-order valence-corrected chi connectivity index (χ4v) is 1.69. The summed E-state index contributed by atoms with van der Waals surface area (Å²) in [5.74, 6) is 0. The Labute approximate surface area is 83.1 Å². The van der Waals surface area contributed by atoms with Crippen molar-refractivity contribution in [3.8, 4) is 0 Å². The van der Waals surface area contributed by atoms with Crippen molar-refractivity contribution in [3.05, 3.63) is 0 Å². The van der Waals surface area contributed by atoms with Crippen LogP contribution in [0.1, 0.15) is 13.8 Å². The second-order valence-corrected chi connectivity index (χ2v) is 4.49. The number of nitrogens with one attached hydrogen (secondary N) is 1. The molecule has 0 aliphatic rings. The minimum absolute atomic E-state index is 0.560. The van der Waals surface area contributed by atoms with E-state index in [1.54, 1.807) is 0 Å². The topological polar surface area (TPSA) is 18.5 Å². The molecule has 0 aromatic carbocycles. The molecule has 1 N–H and O–H groups in total. The van der Waals surface area contributed by atoms with Crippen molar-refractivity contribution in [2.45, 2.75) is 25.9 Å². The van der Waals surface area contributed by atoms with Gasteiger partial charge in [0.15, 0.2) is 0 Å². The Kier molecular flexibility index (Phi) is 6.29. The van der Waals surface area contributed by atoms with Crippen LogP contribution in [-0.2, 0) is 0 Å². The normalized spacial score (nSPS) is 16.6. The van der Waals surface area contributed by atoms with Crippen molar-refractivity contribution in [3.63, 3.8) is 0 Å². The van der Waals surface area contributed by atoms with Crippen molar-refractivity contribution in [2.24, 2.45) is 0 Å². The van der Waals surface area contributed by atoms with Crippen LogP contribution in [0.4, 0.5) is 0 Å². The zero-order valence-electron chi connectivity index (χ0n) is 9.96. The SMILES string of the molecule is CC(CN(C)C)NC(C)CN(C)C. The average molecular weight is 187 g/mol. The van der Waals surface area contributed by atoms with Crippen molar-refractivity contribution in [2.75, 3.05) is 41.3 Å². The summed E-state index contributed by atoms with van der Waals surface area (Å²) in [7, 11) is 8.42. The summed E-state index contributed by atoms with van der Waals surface area (Å²) < 4.78 is 0. The molecule has 0 heterocycles. The van der Waals surface area contributed by atoms with Gasteiger partial charge in [-0.3, -0.25) is 0 Å². The lowest BCUT2D eigenvalue weighted by molar-refractivity contribution is 0.296. The Morgan fingerprint density at radius 3 is 1.38 bits per heavy atom. The summed E-state index contributed by atoms with van der Waals surface area (Å²) in [4.78, 5) is 4.42. The lowest BCUT2D eigenvalue weighted by Crippen LogP contribution is -2.44. The quantitative estimate of drug-likeness (QED) is 0.652. The van der Waals surface area contributed by atoms with Gasteiger partial charge in [-0.05, 0) is 42.0 Å². The fourth-order valence-electron chi connectivity index (χ4n) is 1.69. The second-order valence-electron chi connectivity index (χ2n) is 4.49. The van der Waals surface area contributed by atoms with Gasteiger partial charge in [-0.1, -0.05) is 0 Å². The van der Waals surface area contributed by atoms with Crippen molar-refractivity contribution < 1.29 is 0 Å². The highest BCUT2D eigenvalue weighted by Gasteiger charge is 2.08. The number of nitrogens with zero attached hydrogens (tertiary/aromatic N) is 2. The molecule has 0 radical (unpaired) electrons. The van der Waals surface area contributed by atoms with E-state index in [4.69, 9.17) is 0 Å². The Bertz CT molecular complexity index is 109. The fraction of sp³-hybridized carbons (Fsp3) is 1.00. The first kappa shape index (κ1) is 12.9. The van der Waals surface area contributed by atoms with E-state index < -0.39 is 0 Å². The van der Waals surface area contributed by atoms with E-state index in [2.05, 4.69) is 57.2 Å². The molecule has 0 rings (SSSR count). The predicted octanol–water partition coefficient (Wildman–Crippen LogP) is 0.476. The van der Waals surface area contributed by atoms with Gasteiger partial charge in [0.1, 0.15) is 0 Å². The molecule has 2 unspecified atom stereocenters. The summed E-state index contributed by atoms with van der Waals surface area (Å²) in [6, 6.07) is 1.12. The van der Waals surface area contributed by atoms with Crippen LogP contribution < -0.4 is 5.32 Å². The second kappa shape index (κ2) is 6.35. The Balaban J connectivity index is 3.58. The highest BCUT2D eigenvalue weighted by atomic mass is 15.1. The first-order valence-corrected chi connectivity index (χ1v) is 4.97. The van der Waals surface area contributed by atoms with Gasteiger partial charge in [0.05, 0.1) is 0 Å². The van der Waals surface area contributed by atoms with E-state index >= 15 is 0 Å². The van der Waals surface area contributed by atoms with Crippen LogP contribution in [0.15, 0.2) is 0 Å². The average Bonchev–Trinajstić information content (AvgIpc) is 1.80. The van der Waals surface area contributed by atoms with E-state index in [-0.39, 0.29) is 0 Å². The summed E-state index contributed by atoms with van der Waals surface area (Å²) >= 11 is 0. The van der Waals surface area contributed by atoms with E-state index in [1.807, 2.05) is 0 Å². The number of rotatable bonds is 6. The molecule has 3 heteroatoms. The minimum atomic E-state index is 0.560. The molecular formula is C10H25N3. The molecular weight excluding hydrogens is 162 g/mol. The number of likely N-dealkylation sites (N-methyl/N-ethyl adjacent to an activating group) is 2. The summed E-state index contributed by atoms with van der Waals surface area (Å²) in [6.07, 6.45) is 0. The Hall–Kier alpha value is -0.120. The highest BCUT2D eigenvalue weighted by Crippen LogP contribution is 1.90. The molecule has 0 spiro atoms. The third kappa shape index (κ3) is 8.22. The molecule has 13 heavy (non-hydrogen) atoms. The monoisotopic (exact) mass is 187 g/mol. The molecule has 0 bridgehead atoms. The van der Waals surface area contributed by atoms with Crippen LogP contribution in [0.5, 0.6) is 0 Å². The highest BCUT2D eigenvalue weighted by molar-refractivity contribution is 4.70. The van der Waals surface area contributed by atoms with Crippen LogP contribution in [0.25, 0.3) is 0 Å². The molecule has 0 saturated heterocycles. The van der Waals surface area contributed by atoms with Gasteiger partial charge in [0.2, 0.25) is 0 Å². The first-order chi connectivity index (χ1) is 5.91. The van der Waals surface area contributed by atoms with Gasteiger partial charge in [-0.25, -0.2) is 0 Å². The van der Waals surface area contributed by atoms with Crippen LogP contribution >= 0.6 is 0 Å². The van der Waals surface area contributed by atoms with Crippen LogP contribution in [0.3, 0.4) is 0 Å². The van der Waals surface area contributed by atoms with E-state index in [0.29, 0.717) is 12.1 Å². The predicted molar refractivity (Wildman–Crippen MR) is 59.2 cm³/mol. The maximum absolute atomic E-state index is 3.56. The number of hydrogen-bond acceptors (Lipinski definition) is 3. The summed E-state index contributed by atoms with van der Waals surface area (Å²) in [6.45, 7) is 6.65. The van der Waals surface area contributed by atoms with E-state index in [1.165, 1.54) is 0 Å². The minimum Gasteiger partial charge on any atom is -0.309 e. The molecule has 80 valence electrons. The van der Waals surface area contributed by atoms with Crippen LogP contribution in [0, 0.1) is 0 Å². The summed E-state index contributed by atoms with van der Waals surface area (Å²) in [5.41, 5.74) is 0. The standard InChI is InChI=1S/C10H25N3/c1-9(7-12(3)4)11-10(2)8-13(5)6/h9-11H,7-8H2,1-6H3. The molecule has 0 amide bonds. The third-order valence-corrected chi connectivity index (χ3v) is 1.85. The largest absolute Gasteiger partial charge is 0.309 e. The maximum Gasteiger partial charge on any atom is 0.0169 e. The van der Waals surface area contributed by atoms with Gasteiger partial charge in [-0.15, -0.1) is 0 Å². The molecule has 2 atom stereocenters. The van der Waals surface area contributed by atoms with E-state index in [9.17, 15) is 0 Å². The lowest BCUT2D eigenvalue weighted by atomic mass is 10.2. The molecule has 0 fully saturated rings. The van der Waals surface area contributed by atoms with Gasteiger partial charge in [-0.2, -0.15) is 0 Å². The van der Waals surface area contributed by atoms with Crippen molar-refractivity contribution >= 4 is 0 Å². The molecule has 0 aliphatic heterocycles. The smallest absolute Gasteiger partial charge is 0.0169 e. The van der Waals surface area contributed by atoms with Crippen molar-refractivity contribution in [1.82, 2.24) is 15.1 Å². The van der Waals surface area contributed by atoms with Gasteiger partial charge in [0, 0.05) is 25.2 Å². The summed E-state index contributed by atoms with van der Waals surface area (Å²) in [5, 5.41) is 3.56. The van der Waals surface area contributed by atoms with Crippen LogP contribution in [-0.4, -0.2) is 63.2 Å². The Morgan fingerprint density at radius 2 is 1.15 bits per heavy atom. The van der Waals surface area contributed by atoms with Crippen LogP contribution in [0.2, 0.25) is 0 Å². The Morgan fingerprint density at radius 1 is 0.846 bits per heavy atom. The lowest BCUT2D eigenvalue weighted by Gasteiger charge is -2.24. The third-order valence-electron chi connectivity index (χ3n) is 1.85. The zero-order chi connectivity index (χ0) is 10.4. The van der Waals surface area contributed by atoms with Gasteiger partial charge >= 0.3 is 0 Å². The maximum atomic E-state index is 3.56. The molecule has 3 nitrogen and oxygen atoms in total. The first-order valence-electron chi connectivity index (χ1n) is 4.97. The molecule has 0 aromatic rings.